The Labute approximate surface area is 88.7 Å². The quantitative estimate of drug-likeness (QED) is 0.836. The van der Waals surface area contributed by atoms with E-state index in [-0.39, 0.29) is 6.04 Å². The lowest BCUT2D eigenvalue weighted by atomic mass is 10.1. The smallest absolute Gasteiger partial charge is 0.0438 e. The molecule has 0 aliphatic heterocycles. The molecule has 0 bridgehead atoms. The van der Waals surface area contributed by atoms with Crippen LogP contribution in [0.2, 0.25) is 5.02 Å². The molecule has 1 rings (SSSR count). The van der Waals surface area contributed by atoms with Crippen molar-refractivity contribution in [1.82, 2.24) is 0 Å². The summed E-state index contributed by atoms with van der Waals surface area (Å²) in [6.07, 6.45) is 2.92. The molecule has 1 aromatic rings. The van der Waals surface area contributed by atoms with Gasteiger partial charge in [-0.2, -0.15) is 11.8 Å². The lowest BCUT2D eigenvalue weighted by molar-refractivity contribution is 0.749. The van der Waals surface area contributed by atoms with E-state index in [0.717, 1.165) is 22.8 Å². The summed E-state index contributed by atoms with van der Waals surface area (Å²) in [5, 5.41) is 0.819. The summed E-state index contributed by atoms with van der Waals surface area (Å²) in [4.78, 5) is 0. The third-order valence-corrected chi connectivity index (χ3v) is 2.95. The summed E-state index contributed by atoms with van der Waals surface area (Å²) < 4.78 is 0. The standard InChI is InChI=1S/C10H14ClNS/c1-13-7-9(12)6-8-4-2-3-5-10(8)11/h2-5,9H,6-7,12H2,1H3. The summed E-state index contributed by atoms with van der Waals surface area (Å²) in [6, 6.07) is 8.07. The van der Waals surface area contributed by atoms with Crippen LogP contribution >= 0.6 is 23.4 Å². The molecule has 0 aromatic heterocycles. The minimum atomic E-state index is 0.204. The summed E-state index contributed by atoms with van der Waals surface area (Å²) in [5.41, 5.74) is 7.05. The molecule has 0 aliphatic rings. The zero-order valence-electron chi connectivity index (χ0n) is 7.66. The Hall–Kier alpha value is -0.180. The van der Waals surface area contributed by atoms with Crippen molar-refractivity contribution in [1.29, 1.82) is 0 Å². The molecule has 0 saturated carbocycles. The number of halogens is 1. The maximum Gasteiger partial charge on any atom is 0.0438 e. The molecule has 2 N–H and O–H groups in total. The van der Waals surface area contributed by atoms with Crippen molar-refractivity contribution in [2.75, 3.05) is 12.0 Å². The lowest BCUT2D eigenvalue weighted by Gasteiger charge is -2.10. The molecule has 1 unspecified atom stereocenters. The fourth-order valence-electron chi connectivity index (χ4n) is 1.22. The van der Waals surface area contributed by atoms with Crippen LogP contribution in [0.4, 0.5) is 0 Å². The van der Waals surface area contributed by atoms with Crippen molar-refractivity contribution in [2.24, 2.45) is 5.73 Å². The second kappa shape index (κ2) is 5.53. The van der Waals surface area contributed by atoms with Crippen LogP contribution in [0.25, 0.3) is 0 Å². The van der Waals surface area contributed by atoms with E-state index >= 15 is 0 Å². The molecule has 0 saturated heterocycles. The third-order valence-electron chi connectivity index (χ3n) is 1.82. The van der Waals surface area contributed by atoms with Gasteiger partial charge in [-0.15, -0.1) is 0 Å². The molecule has 13 heavy (non-hydrogen) atoms. The maximum atomic E-state index is 6.01. The van der Waals surface area contributed by atoms with E-state index < -0.39 is 0 Å². The van der Waals surface area contributed by atoms with E-state index in [1.54, 1.807) is 11.8 Å². The first-order valence-corrected chi connectivity index (χ1v) is 5.99. The normalized spacial score (nSPS) is 12.8. The molecule has 0 fully saturated rings. The highest BCUT2D eigenvalue weighted by Crippen LogP contribution is 2.16. The molecule has 0 spiro atoms. The van der Waals surface area contributed by atoms with Crippen molar-refractivity contribution >= 4 is 23.4 Å². The Morgan fingerprint density at radius 1 is 1.46 bits per heavy atom. The highest BCUT2D eigenvalue weighted by Gasteiger charge is 2.05. The number of nitrogens with two attached hydrogens (primary N) is 1. The number of rotatable bonds is 4. The Balaban J connectivity index is 2.58. The first-order valence-electron chi connectivity index (χ1n) is 4.22. The predicted molar refractivity (Wildman–Crippen MR) is 61.5 cm³/mol. The van der Waals surface area contributed by atoms with Crippen LogP contribution in [0.1, 0.15) is 5.56 Å². The van der Waals surface area contributed by atoms with Gasteiger partial charge < -0.3 is 5.73 Å². The van der Waals surface area contributed by atoms with E-state index in [4.69, 9.17) is 17.3 Å². The van der Waals surface area contributed by atoms with Crippen LogP contribution in [0.15, 0.2) is 24.3 Å². The summed E-state index contributed by atoms with van der Waals surface area (Å²) in [5.74, 6) is 0.977. The first kappa shape index (κ1) is 10.9. The van der Waals surface area contributed by atoms with Crippen LogP contribution in [0.3, 0.4) is 0 Å². The van der Waals surface area contributed by atoms with Crippen LogP contribution in [-0.4, -0.2) is 18.1 Å². The van der Waals surface area contributed by atoms with Crippen molar-refractivity contribution in [3.05, 3.63) is 34.9 Å². The predicted octanol–water partition coefficient (Wildman–Crippen LogP) is 2.57. The second-order valence-corrected chi connectivity index (χ2v) is 4.33. The highest BCUT2D eigenvalue weighted by atomic mass is 35.5. The summed E-state index contributed by atoms with van der Waals surface area (Å²) >= 11 is 7.77. The maximum absolute atomic E-state index is 6.01. The van der Waals surface area contributed by atoms with Crippen molar-refractivity contribution < 1.29 is 0 Å². The van der Waals surface area contributed by atoms with E-state index in [1.165, 1.54) is 0 Å². The summed E-state index contributed by atoms with van der Waals surface area (Å²) in [7, 11) is 0. The SMILES string of the molecule is CSCC(N)Cc1ccccc1Cl. The van der Waals surface area contributed by atoms with E-state index in [2.05, 4.69) is 6.26 Å². The average Bonchev–Trinajstić information content (AvgIpc) is 2.09. The van der Waals surface area contributed by atoms with Crippen molar-refractivity contribution in [2.45, 2.75) is 12.5 Å². The van der Waals surface area contributed by atoms with Gasteiger partial charge in [0, 0.05) is 16.8 Å². The second-order valence-electron chi connectivity index (χ2n) is 3.01. The number of thioether (sulfide) groups is 1. The van der Waals surface area contributed by atoms with Gasteiger partial charge in [-0.05, 0) is 24.3 Å². The first-order chi connectivity index (χ1) is 6.24. The average molecular weight is 216 g/mol. The lowest BCUT2D eigenvalue weighted by Crippen LogP contribution is -2.25. The molecule has 0 heterocycles. The molecule has 0 amide bonds. The van der Waals surface area contributed by atoms with Gasteiger partial charge >= 0.3 is 0 Å². The van der Waals surface area contributed by atoms with Crippen LogP contribution in [0.5, 0.6) is 0 Å². The Morgan fingerprint density at radius 2 is 2.15 bits per heavy atom. The fourth-order valence-corrected chi connectivity index (χ4v) is 1.98. The van der Waals surface area contributed by atoms with Crippen LogP contribution in [0, 0.1) is 0 Å². The molecular formula is C10H14ClNS. The van der Waals surface area contributed by atoms with E-state index in [0.29, 0.717) is 0 Å². The van der Waals surface area contributed by atoms with E-state index in [1.807, 2.05) is 24.3 Å². The molecule has 1 atom stereocenters. The van der Waals surface area contributed by atoms with Crippen molar-refractivity contribution in [3.8, 4) is 0 Å². The van der Waals surface area contributed by atoms with Gasteiger partial charge in [-0.3, -0.25) is 0 Å². The van der Waals surface area contributed by atoms with Gasteiger partial charge in [0.25, 0.3) is 0 Å². The molecule has 3 heteroatoms. The van der Waals surface area contributed by atoms with E-state index in [9.17, 15) is 0 Å². The molecule has 0 radical (unpaired) electrons. The minimum Gasteiger partial charge on any atom is -0.327 e. The Morgan fingerprint density at radius 3 is 2.77 bits per heavy atom. The summed E-state index contributed by atoms with van der Waals surface area (Å²) in [6.45, 7) is 0. The van der Waals surface area contributed by atoms with Gasteiger partial charge in [-0.25, -0.2) is 0 Å². The fraction of sp³-hybridized carbons (Fsp3) is 0.400. The van der Waals surface area contributed by atoms with Gasteiger partial charge in [0.2, 0.25) is 0 Å². The van der Waals surface area contributed by atoms with Crippen LogP contribution in [-0.2, 0) is 6.42 Å². The van der Waals surface area contributed by atoms with Gasteiger partial charge in [0.15, 0.2) is 0 Å². The Kier molecular flexibility index (Phi) is 4.64. The molecule has 0 aliphatic carbocycles. The Bertz CT molecular complexity index is 265. The number of hydrogen-bond acceptors (Lipinski definition) is 2. The monoisotopic (exact) mass is 215 g/mol. The molecule has 1 nitrogen and oxygen atoms in total. The molecular weight excluding hydrogens is 202 g/mol. The topological polar surface area (TPSA) is 26.0 Å². The van der Waals surface area contributed by atoms with Gasteiger partial charge in [0.1, 0.15) is 0 Å². The van der Waals surface area contributed by atoms with Crippen LogP contribution < -0.4 is 5.73 Å². The largest absolute Gasteiger partial charge is 0.327 e. The van der Waals surface area contributed by atoms with Crippen molar-refractivity contribution in [3.63, 3.8) is 0 Å². The third kappa shape index (κ3) is 3.59. The zero-order chi connectivity index (χ0) is 9.68. The highest BCUT2D eigenvalue weighted by molar-refractivity contribution is 7.98. The molecule has 72 valence electrons. The number of benzene rings is 1. The van der Waals surface area contributed by atoms with Gasteiger partial charge in [0.05, 0.1) is 0 Å². The van der Waals surface area contributed by atoms with Gasteiger partial charge in [-0.1, -0.05) is 29.8 Å². The number of hydrogen-bond donors (Lipinski definition) is 1. The minimum absolute atomic E-state index is 0.204. The molecule has 1 aromatic carbocycles. The zero-order valence-corrected chi connectivity index (χ0v) is 9.24.